The minimum atomic E-state index is -0.0872. The third-order valence-corrected chi connectivity index (χ3v) is 5.30. The summed E-state index contributed by atoms with van der Waals surface area (Å²) in [5, 5.41) is 7.17. The quantitative estimate of drug-likeness (QED) is 0.628. The number of nitrogens with one attached hydrogen (secondary N) is 1. The van der Waals surface area contributed by atoms with E-state index in [9.17, 15) is 9.59 Å². The monoisotopic (exact) mass is 377 g/mol. The topological polar surface area (TPSA) is 79.7 Å². The molecule has 0 saturated carbocycles. The predicted molar refractivity (Wildman–Crippen MR) is 101 cm³/mol. The summed E-state index contributed by atoms with van der Waals surface area (Å²) in [4.78, 5) is 28.9. The number of aryl methyl sites for hydroxylation is 1. The number of hydrogen-bond acceptors (Lipinski definition) is 5. The van der Waals surface area contributed by atoms with Crippen LogP contribution in [0.1, 0.15) is 25.7 Å². The maximum Gasteiger partial charge on any atom is 0.224 e. The fraction of sp³-hybridized carbons (Fsp3) is 0.737. The molecule has 1 aromatic heterocycles. The molecule has 0 unspecified atom stereocenters. The summed E-state index contributed by atoms with van der Waals surface area (Å²) in [5.74, 6) is 0.164. The van der Waals surface area contributed by atoms with Gasteiger partial charge in [-0.15, -0.1) is 0 Å². The van der Waals surface area contributed by atoms with Gasteiger partial charge in [0.1, 0.15) is 0 Å². The van der Waals surface area contributed by atoms with E-state index in [-0.39, 0.29) is 17.7 Å². The zero-order valence-electron chi connectivity index (χ0n) is 16.0. The number of amides is 2. The van der Waals surface area contributed by atoms with Crippen molar-refractivity contribution in [3.8, 4) is 0 Å². The van der Waals surface area contributed by atoms with Gasteiger partial charge in [-0.2, -0.15) is 5.10 Å². The smallest absolute Gasteiger partial charge is 0.224 e. The van der Waals surface area contributed by atoms with Crippen LogP contribution in [0, 0.1) is 5.92 Å². The second-order valence-electron chi connectivity index (χ2n) is 7.30. The zero-order chi connectivity index (χ0) is 18.9. The first-order chi connectivity index (χ1) is 13.2. The summed E-state index contributed by atoms with van der Waals surface area (Å²) < 4.78 is 7.22. The molecule has 2 aliphatic rings. The van der Waals surface area contributed by atoms with Crippen molar-refractivity contribution in [2.75, 3.05) is 52.5 Å². The van der Waals surface area contributed by atoms with Crippen molar-refractivity contribution in [3.05, 3.63) is 18.5 Å². The summed E-state index contributed by atoms with van der Waals surface area (Å²) in [7, 11) is 0. The fourth-order valence-corrected chi connectivity index (χ4v) is 3.68. The predicted octanol–water partition coefficient (Wildman–Crippen LogP) is 0.350. The van der Waals surface area contributed by atoms with Crippen molar-refractivity contribution in [1.29, 1.82) is 0 Å². The highest BCUT2D eigenvalue weighted by atomic mass is 16.5. The molecule has 8 heteroatoms. The number of carbonyl (C=O) groups is 2. The van der Waals surface area contributed by atoms with Gasteiger partial charge >= 0.3 is 0 Å². The van der Waals surface area contributed by atoms with E-state index in [1.807, 2.05) is 21.8 Å². The highest BCUT2D eigenvalue weighted by Gasteiger charge is 2.29. The average molecular weight is 377 g/mol. The van der Waals surface area contributed by atoms with Crippen molar-refractivity contribution < 1.29 is 14.3 Å². The van der Waals surface area contributed by atoms with Crippen LogP contribution in [0.25, 0.3) is 0 Å². The van der Waals surface area contributed by atoms with Crippen molar-refractivity contribution in [2.45, 2.75) is 32.2 Å². The van der Waals surface area contributed by atoms with Gasteiger partial charge in [0.2, 0.25) is 11.8 Å². The first-order valence-electron chi connectivity index (χ1n) is 10.1. The van der Waals surface area contributed by atoms with Gasteiger partial charge in [0.05, 0.1) is 19.1 Å². The summed E-state index contributed by atoms with van der Waals surface area (Å²) >= 11 is 0. The van der Waals surface area contributed by atoms with E-state index in [1.165, 1.54) is 0 Å². The van der Waals surface area contributed by atoms with Crippen LogP contribution in [0.5, 0.6) is 0 Å². The van der Waals surface area contributed by atoms with Gasteiger partial charge in [-0.3, -0.25) is 19.2 Å². The Morgan fingerprint density at radius 2 is 2.07 bits per heavy atom. The van der Waals surface area contributed by atoms with E-state index in [1.54, 1.807) is 6.20 Å². The molecule has 2 amide bonds. The number of piperidine rings is 1. The highest BCUT2D eigenvalue weighted by molar-refractivity contribution is 5.83. The molecule has 1 N–H and O–H groups in total. The molecule has 150 valence electrons. The number of hydrogen-bond donors (Lipinski definition) is 1. The number of rotatable bonds is 9. The van der Waals surface area contributed by atoms with Crippen LogP contribution < -0.4 is 5.32 Å². The van der Waals surface area contributed by atoms with Crippen LogP contribution in [-0.4, -0.2) is 83.9 Å². The molecule has 0 radical (unpaired) electrons. The molecule has 27 heavy (non-hydrogen) atoms. The van der Waals surface area contributed by atoms with Crippen LogP contribution in [-0.2, 0) is 20.9 Å². The Kier molecular flexibility index (Phi) is 7.65. The van der Waals surface area contributed by atoms with Gasteiger partial charge in [0.25, 0.3) is 0 Å². The molecule has 1 aromatic rings. The molecule has 1 atom stereocenters. The number of nitrogens with zero attached hydrogens (tertiary/aromatic N) is 4. The van der Waals surface area contributed by atoms with Crippen LogP contribution in [0.4, 0.5) is 0 Å². The fourth-order valence-electron chi connectivity index (χ4n) is 3.68. The van der Waals surface area contributed by atoms with Gasteiger partial charge in [-0.25, -0.2) is 0 Å². The Hall–Kier alpha value is -1.93. The minimum Gasteiger partial charge on any atom is -0.379 e. The summed E-state index contributed by atoms with van der Waals surface area (Å²) in [6, 6.07) is 1.89. The van der Waals surface area contributed by atoms with Gasteiger partial charge in [0.15, 0.2) is 0 Å². The normalized spacial score (nSPS) is 21.4. The average Bonchev–Trinajstić information content (AvgIpc) is 3.21. The lowest BCUT2D eigenvalue weighted by Gasteiger charge is -2.33. The highest BCUT2D eigenvalue weighted by Crippen LogP contribution is 2.18. The number of likely N-dealkylation sites (tertiary alicyclic amines) is 1. The summed E-state index contributed by atoms with van der Waals surface area (Å²) in [6.07, 6.45) is 6.60. The zero-order valence-corrected chi connectivity index (χ0v) is 16.0. The van der Waals surface area contributed by atoms with E-state index >= 15 is 0 Å². The van der Waals surface area contributed by atoms with Crippen LogP contribution in [0.2, 0.25) is 0 Å². The van der Waals surface area contributed by atoms with Crippen molar-refractivity contribution in [1.82, 2.24) is 24.9 Å². The lowest BCUT2D eigenvalue weighted by molar-refractivity contribution is -0.138. The number of ether oxygens (including phenoxy) is 1. The Labute approximate surface area is 160 Å². The molecule has 0 aromatic carbocycles. The Balaban J connectivity index is 1.34. The standard InChI is InChI=1S/C19H31N5O3/c25-18-5-4-17(19(26)20-6-1-10-24-11-2-7-21-24)16-23(18)9-3-8-22-12-14-27-15-13-22/h2,7,11,17H,1,3-6,8-10,12-16H2,(H,20,26)/t17-/m0/s1. The molecule has 0 spiro atoms. The van der Waals surface area contributed by atoms with E-state index in [2.05, 4.69) is 15.3 Å². The first-order valence-corrected chi connectivity index (χ1v) is 10.1. The second kappa shape index (κ2) is 10.4. The maximum atomic E-state index is 12.4. The molecule has 3 rings (SSSR count). The third kappa shape index (κ3) is 6.32. The number of aromatic nitrogens is 2. The third-order valence-electron chi connectivity index (χ3n) is 5.30. The molecule has 2 aliphatic heterocycles. The Morgan fingerprint density at radius 3 is 2.85 bits per heavy atom. The van der Waals surface area contributed by atoms with Crippen LogP contribution in [0.15, 0.2) is 18.5 Å². The van der Waals surface area contributed by atoms with Gasteiger partial charge in [-0.05, 0) is 25.3 Å². The molecular weight excluding hydrogens is 346 g/mol. The molecule has 0 bridgehead atoms. The SMILES string of the molecule is O=C(NCCCn1cccn1)[C@H]1CCC(=O)N(CCCN2CCOCC2)C1. The maximum absolute atomic E-state index is 12.4. The number of carbonyl (C=O) groups excluding carboxylic acids is 2. The summed E-state index contributed by atoms with van der Waals surface area (Å²) in [5.41, 5.74) is 0. The van der Waals surface area contributed by atoms with Crippen molar-refractivity contribution >= 4 is 11.8 Å². The lowest BCUT2D eigenvalue weighted by Crippen LogP contribution is -2.47. The lowest BCUT2D eigenvalue weighted by atomic mass is 9.96. The molecule has 2 saturated heterocycles. The van der Waals surface area contributed by atoms with E-state index in [0.29, 0.717) is 25.9 Å². The van der Waals surface area contributed by atoms with E-state index in [4.69, 9.17) is 4.74 Å². The first kappa shape index (κ1) is 19.8. The largest absolute Gasteiger partial charge is 0.379 e. The van der Waals surface area contributed by atoms with Gasteiger partial charge in [-0.1, -0.05) is 0 Å². The van der Waals surface area contributed by atoms with E-state index < -0.39 is 0 Å². The van der Waals surface area contributed by atoms with Gasteiger partial charge in [0, 0.05) is 64.6 Å². The minimum absolute atomic E-state index is 0.0705. The van der Waals surface area contributed by atoms with E-state index in [0.717, 1.165) is 58.8 Å². The molecular formula is C19H31N5O3. The van der Waals surface area contributed by atoms with Gasteiger partial charge < -0.3 is 15.0 Å². The summed E-state index contributed by atoms with van der Waals surface area (Å²) in [6.45, 7) is 7.24. The van der Waals surface area contributed by atoms with Crippen molar-refractivity contribution in [2.24, 2.45) is 5.92 Å². The molecule has 2 fully saturated rings. The second-order valence-corrected chi connectivity index (χ2v) is 7.30. The molecule has 3 heterocycles. The van der Waals surface area contributed by atoms with Crippen LogP contribution >= 0.6 is 0 Å². The molecule has 8 nitrogen and oxygen atoms in total. The Morgan fingerprint density at radius 1 is 1.22 bits per heavy atom. The van der Waals surface area contributed by atoms with Crippen molar-refractivity contribution in [3.63, 3.8) is 0 Å². The Bertz CT molecular complexity index is 586. The van der Waals surface area contributed by atoms with Crippen LogP contribution in [0.3, 0.4) is 0 Å². The number of morpholine rings is 1. The molecule has 0 aliphatic carbocycles.